The summed E-state index contributed by atoms with van der Waals surface area (Å²) < 4.78 is 5.47. The second-order valence-corrected chi connectivity index (χ2v) is 11.7. The van der Waals surface area contributed by atoms with Gasteiger partial charge in [0, 0.05) is 6.04 Å². The second-order valence-electron chi connectivity index (χ2n) is 11.3. The van der Waals surface area contributed by atoms with Gasteiger partial charge in [-0.25, -0.2) is 4.79 Å². The highest BCUT2D eigenvalue weighted by Crippen LogP contribution is 2.41. The number of amides is 3. The molecule has 0 aromatic heterocycles. The number of hydrogen-bond donors (Lipinski definition) is 2. The lowest BCUT2D eigenvalue weighted by Gasteiger charge is -2.36. The van der Waals surface area contributed by atoms with E-state index in [4.69, 9.17) is 16.3 Å². The average molecular weight is 542 g/mol. The summed E-state index contributed by atoms with van der Waals surface area (Å²) >= 11 is 6.43. The van der Waals surface area contributed by atoms with E-state index in [0.717, 1.165) is 12.0 Å². The van der Waals surface area contributed by atoms with Crippen LogP contribution in [-0.4, -0.2) is 40.5 Å². The molecule has 1 saturated carbocycles. The van der Waals surface area contributed by atoms with Crippen LogP contribution in [0.4, 0.5) is 10.5 Å². The van der Waals surface area contributed by atoms with E-state index in [2.05, 4.69) is 17.6 Å². The Balaban J connectivity index is 2.04. The number of para-hydroxylation sites is 1. The summed E-state index contributed by atoms with van der Waals surface area (Å²) in [4.78, 5) is 42.7. The number of hydrogen-bond acceptors (Lipinski definition) is 4. The molecule has 5 atom stereocenters. The smallest absolute Gasteiger partial charge is 0.408 e. The number of benzene rings is 2. The van der Waals surface area contributed by atoms with Crippen LogP contribution in [0.25, 0.3) is 0 Å². The van der Waals surface area contributed by atoms with Gasteiger partial charge in [0.05, 0.1) is 10.7 Å². The predicted molar refractivity (Wildman–Crippen MR) is 151 cm³/mol. The van der Waals surface area contributed by atoms with Crippen LogP contribution >= 0.6 is 11.6 Å². The van der Waals surface area contributed by atoms with Crippen molar-refractivity contribution in [2.75, 3.05) is 5.32 Å². The molecule has 206 valence electrons. The van der Waals surface area contributed by atoms with Crippen molar-refractivity contribution in [3.05, 3.63) is 64.7 Å². The number of aryl methyl sites for hydroxylation is 1. The van der Waals surface area contributed by atoms with E-state index in [1.807, 2.05) is 63.2 Å². The number of anilines is 1. The Labute approximate surface area is 231 Å². The molecule has 1 aliphatic carbocycles. The molecule has 3 rings (SSSR count). The lowest BCUT2D eigenvalue weighted by molar-refractivity contribution is -0.142. The minimum absolute atomic E-state index is 0.141. The molecule has 0 saturated heterocycles. The number of halogens is 1. The van der Waals surface area contributed by atoms with E-state index < -0.39 is 23.8 Å². The van der Waals surface area contributed by atoms with Gasteiger partial charge in [-0.2, -0.15) is 0 Å². The standard InChI is InChI=1S/C30H40ClN3O4/c1-8-18(2)25(33-29(37)38-30(5,6)7)28(36)34(23-17-20(23)4)26(21-14-10-9-11-15-21)27(35)32-24-19(3)13-12-16-22(24)31/h9-16,18,20,23,25-26H,8,17H2,1-7H3,(H,32,35)(H,33,37). The molecular formula is C30H40ClN3O4. The highest BCUT2D eigenvalue weighted by atomic mass is 35.5. The summed E-state index contributed by atoms with van der Waals surface area (Å²) in [5.41, 5.74) is 1.31. The molecule has 1 aliphatic rings. The van der Waals surface area contributed by atoms with Crippen LogP contribution in [0.2, 0.25) is 5.02 Å². The number of carbonyl (C=O) groups is 3. The summed E-state index contributed by atoms with van der Waals surface area (Å²) in [6.45, 7) is 13.1. The van der Waals surface area contributed by atoms with Crippen LogP contribution in [0.5, 0.6) is 0 Å². The molecule has 0 radical (unpaired) electrons. The minimum atomic E-state index is -0.915. The Morgan fingerprint density at radius 2 is 1.74 bits per heavy atom. The van der Waals surface area contributed by atoms with E-state index >= 15 is 0 Å². The Hall–Kier alpha value is -3.06. The highest BCUT2D eigenvalue weighted by Gasteiger charge is 2.49. The van der Waals surface area contributed by atoms with Gasteiger partial charge in [-0.3, -0.25) is 9.59 Å². The lowest BCUT2D eigenvalue weighted by atomic mass is 9.95. The fourth-order valence-corrected chi connectivity index (χ4v) is 4.77. The van der Waals surface area contributed by atoms with Crippen molar-refractivity contribution in [3.8, 4) is 0 Å². The van der Waals surface area contributed by atoms with Crippen LogP contribution < -0.4 is 10.6 Å². The van der Waals surface area contributed by atoms with Crippen molar-refractivity contribution < 1.29 is 19.1 Å². The largest absolute Gasteiger partial charge is 0.444 e. The van der Waals surface area contributed by atoms with Crippen molar-refractivity contribution >= 4 is 35.2 Å². The van der Waals surface area contributed by atoms with Crippen LogP contribution in [0.15, 0.2) is 48.5 Å². The molecule has 7 nitrogen and oxygen atoms in total. The van der Waals surface area contributed by atoms with E-state index in [1.54, 1.807) is 31.7 Å². The van der Waals surface area contributed by atoms with Crippen LogP contribution in [0, 0.1) is 18.8 Å². The molecule has 2 aromatic carbocycles. The van der Waals surface area contributed by atoms with Crippen molar-refractivity contribution in [2.24, 2.45) is 11.8 Å². The normalized spacial score (nSPS) is 19.1. The maximum Gasteiger partial charge on any atom is 0.408 e. The monoisotopic (exact) mass is 541 g/mol. The van der Waals surface area contributed by atoms with Crippen molar-refractivity contribution in [1.29, 1.82) is 0 Å². The van der Waals surface area contributed by atoms with Gasteiger partial charge in [0.1, 0.15) is 17.7 Å². The molecule has 38 heavy (non-hydrogen) atoms. The summed E-state index contributed by atoms with van der Waals surface area (Å²) in [5, 5.41) is 6.22. The first-order chi connectivity index (χ1) is 17.8. The quantitative estimate of drug-likeness (QED) is 0.379. The van der Waals surface area contributed by atoms with Gasteiger partial charge in [0.2, 0.25) is 5.91 Å². The molecule has 0 heterocycles. The Kier molecular flexibility index (Phi) is 9.47. The van der Waals surface area contributed by atoms with Gasteiger partial charge < -0.3 is 20.3 Å². The summed E-state index contributed by atoms with van der Waals surface area (Å²) in [6.07, 6.45) is 0.765. The second kappa shape index (κ2) is 12.2. The van der Waals surface area contributed by atoms with Crippen molar-refractivity contribution in [2.45, 2.75) is 85.0 Å². The molecule has 2 aromatic rings. The average Bonchev–Trinajstić information content (AvgIpc) is 3.57. The van der Waals surface area contributed by atoms with Gasteiger partial charge in [-0.1, -0.05) is 81.3 Å². The summed E-state index contributed by atoms with van der Waals surface area (Å²) in [5.74, 6) is -0.629. The molecule has 0 aliphatic heterocycles. The molecule has 0 bridgehead atoms. The Morgan fingerprint density at radius 3 is 2.26 bits per heavy atom. The fraction of sp³-hybridized carbons (Fsp3) is 0.500. The first-order valence-electron chi connectivity index (χ1n) is 13.3. The number of rotatable bonds is 9. The molecule has 2 N–H and O–H groups in total. The van der Waals surface area contributed by atoms with Gasteiger partial charge in [-0.15, -0.1) is 0 Å². The van der Waals surface area contributed by atoms with Gasteiger partial charge in [0.15, 0.2) is 0 Å². The number of nitrogens with one attached hydrogen (secondary N) is 2. The van der Waals surface area contributed by atoms with Crippen LogP contribution in [0.1, 0.15) is 71.6 Å². The van der Waals surface area contributed by atoms with E-state index in [9.17, 15) is 14.4 Å². The molecule has 1 fully saturated rings. The lowest BCUT2D eigenvalue weighted by Crippen LogP contribution is -2.55. The Morgan fingerprint density at radius 1 is 1.11 bits per heavy atom. The third-order valence-corrected chi connectivity index (χ3v) is 7.26. The highest BCUT2D eigenvalue weighted by molar-refractivity contribution is 6.34. The molecular weight excluding hydrogens is 502 g/mol. The predicted octanol–water partition coefficient (Wildman–Crippen LogP) is 6.50. The van der Waals surface area contributed by atoms with Gasteiger partial charge in [0.25, 0.3) is 5.91 Å². The van der Waals surface area contributed by atoms with Crippen molar-refractivity contribution in [3.63, 3.8) is 0 Å². The summed E-state index contributed by atoms with van der Waals surface area (Å²) in [7, 11) is 0. The molecule has 8 heteroatoms. The number of nitrogens with zero attached hydrogens (tertiary/aromatic N) is 1. The SMILES string of the molecule is CCC(C)C(NC(=O)OC(C)(C)C)C(=O)N(C(C(=O)Nc1c(C)cccc1Cl)c1ccccc1)C1CC1C. The van der Waals surface area contributed by atoms with Gasteiger partial charge >= 0.3 is 6.09 Å². The zero-order valence-corrected chi connectivity index (χ0v) is 24.1. The number of carbonyl (C=O) groups excluding carboxylic acids is 3. The maximum absolute atomic E-state index is 14.3. The zero-order chi connectivity index (χ0) is 28.2. The fourth-order valence-electron chi connectivity index (χ4n) is 4.51. The van der Waals surface area contributed by atoms with Crippen molar-refractivity contribution in [1.82, 2.24) is 10.2 Å². The third kappa shape index (κ3) is 7.28. The number of alkyl carbamates (subject to hydrolysis) is 1. The summed E-state index contributed by atoms with van der Waals surface area (Å²) in [6, 6.07) is 12.7. The van der Waals surface area contributed by atoms with Crippen LogP contribution in [0.3, 0.4) is 0 Å². The molecule has 0 spiro atoms. The van der Waals surface area contributed by atoms with E-state index in [1.165, 1.54) is 0 Å². The molecule has 3 amide bonds. The number of ether oxygens (including phenoxy) is 1. The van der Waals surface area contributed by atoms with Gasteiger partial charge in [-0.05, 0) is 63.1 Å². The zero-order valence-electron chi connectivity index (χ0n) is 23.4. The Bertz CT molecular complexity index is 1130. The van der Waals surface area contributed by atoms with E-state index in [-0.39, 0.29) is 29.7 Å². The molecule has 5 unspecified atom stereocenters. The van der Waals surface area contributed by atoms with Crippen LogP contribution in [-0.2, 0) is 14.3 Å². The maximum atomic E-state index is 14.3. The first kappa shape index (κ1) is 29.5. The third-order valence-electron chi connectivity index (χ3n) is 6.94. The van der Waals surface area contributed by atoms with E-state index in [0.29, 0.717) is 22.7 Å². The minimum Gasteiger partial charge on any atom is -0.444 e. The topological polar surface area (TPSA) is 87.7 Å². The first-order valence-corrected chi connectivity index (χ1v) is 13.6.